The van der Waals surface area contributed by atoms with Crippen LogP contribution >= 0.6 is 11.8 Å². The van der Waals surface area contributed by atoms with Gasteiger partial charge in [-0.05, 0) is 29.5 Å². The van der Waals surface area contributed by atoms with Crippen molar-refractivity contribution >= 4 is 23.7 Å². The Morgan fingerprint density at radius 1 is 1.29 bits per heavy atom. The van der Waals surface area contributed by atoms with Crippen LogP contribution in [0.2, 0.25) is 0 Å². The van der Waals surface area contributed by atoms with Crippen LogP contribution in [-0.2, 0) is 6.42 Å². The number of aromatic nitrogens is 3. The van der Waals surface area contributed by atoms with E-state index < -0.39 is 4.92 Å². The smallest absolute Gasteiger partial charge is 0.401 e. The summed E-state index contributed by atoms with van der Waals surface area (Å²) in [7, 11) is 0. The Kier molecular flexibility index (Phi) is 4.76. The number of nitrogens with zero attached hydrogens (tertiary/aromatic N) is 3. The Balaban J connectivity index is 1.64. The van der Waals surface area contributed by atoms with E-state index in [1.807, 2.05) is 12.1 Å². The van der Waals surface area contributed by atoms with Gasteiger partial charge in [0.2, 0.25) is 5.16 Å². The third kappa shape index (κ3) is 3.72. The molecule has 1 aromatic carbocycles. The third-order valence-corrected chi connectivity index (χ3v) is 3.96. The molecular weight excluding hydrogens is 328 g/mol. The van der Waals surface area contributed by atoms with E-state index in [-0.39, 0.29) is 5.88 Å². The number of nitro groups is 1. The number of hydrogen-bond acceptors (Lipinski definition) is 6. The van der Waals surface area contributed by atoms with Gasteiger partial charge in [-0.3, -0.25) is 15.2 Å². The fourth-order valence-electron chi connectivity index (χ4n) is 2.02. The van der Waals surface area contributed by atoms with Gasteiger partial charge in [-0.15, -0.1) is 5.10 Å². The summed E-state index contributed by atoms with van der Waals surface area (Å²) >= 11 is 1.29. The van der Waals surface area contributed by atoms with Crippen molar-refractivity contribution in [3.63, 3.8) is 0 Å². The van der Waals surface area contributed by atoms with E-state index in [2.05, 4.69) is 34.2 Å². The quantitative estimate of drug-likeness (QED) is 0.407. The summed E-state index contributed by atoms with van der Waals surface area (Å²) in [5.41, 5.74) is 2.24. The van der Waals surface area contributed by atoms with Gasteiger partial charge >= 0.3 is 5.88 Å². The molecule has 0 unspecified atom stereocenters. The van der Waals surface area contributed by atoms with Gasteiger partial charge in [0.1, 0.15) is 10.7 Å². The number of nitrogens with one attached hydrogen (secondary N) is 1. The highest BCUT2D eigenvalue weighted by molar-refractivity contribution is 8.02. The Hall–Kier alpha value is -2.87. The SMILES string of the molecule is CCc1ccc(-c2nc(S/C=C/c3ccc([N+](=O)[O-])o3)n[nH]2)cc1. The minimum Gasteiger partial charge on any atom is -0.401 e. The lowest BCUT2D eigenvalue weighted by atomic mass is 10.1. The van der Waals surface area contributed by atoms with Crippen LogP contribution in [0.25, 0.3) is 17.5 Å². The number of furan rings is 1. The van der Waals surface area contributed by atoms with Gasteiger partial charge in [0.05, 0.1) is 6.07 Å². The molecule has 0 radical (unpaired) electrons. The van der Waals surface area contributed by atoms with Gasteiger partial charge in [0, 0.05) is 5.56 Å². The van der Waals surface area contributed by atoms with E-state index in [1.165, 1.54) is 29.5 Å². The third-order valence-electron chi connectivity index (χ3n) is 3.30. The van der Waals surface area contributed by atoms with Crippen LogP contribution < -0.4 is 0 Å². The summed E-state index contributed by atoms with van der Waals surface area (Å²) in [6.07, 6.45) is 2.62. The number of H-pyrrole nitrogens is 1. The molecule has 3 aromatic rings. The monoisotopic (exact) mass is 342 g/mol. The summed E-state index contributed by atoms with van der Waals surface area (Å²) in [4.78, 5) is 14.4. The highest BCUT2D eigenvalue weighted by Gasteiger charge is 2.10. The number of thioether (sulfide) groups is 1. The van der Waals surface area contributed by atoms with E-state index in [0.717, 1.165) is 12.0 Å². The first kappa shape index (κ1) is 16.0. The van der Waals surface area contributed by atoms with Crippen molar-refractivity contribution in [1.82, 2.24) is 15.2 Å². The average molecular weight is 342 g/mol. The first-order valence-corrected chi connectivity index (χ1v) is 8.13. The molecule has 0 amide bonds. The van der Waals surface area contributed by atoms with Crippen molar-refractivity contribution in [2.45, 2.75) is 18.5 Å². The first-order valence-electron chi connectivity index (χ1n) is 7.25. The minimum atomic E-state index is -0.574. The summed E-state index contributed by atoms with van der Waals surface area (Å²) in [6.45, 7) is 2.11. The van der Waals surface area contributed by atoms with Crippen molar-refractivity contribution in [3.05, 3.63) is 63.2 Å². The second-order valence-electron chi connectivity index (χ2n) is 4.87. The van der Waals surface area contributed by atoms with E-state index in [4.69, 9.17) is 4.42 Å². The van der Waals surface area contributed by atoms with Crippen LogP contribution in [0.5, 0.6) is 0 Å². The molecule has 0 saturated carbocycles. The zero-order valence-electron chi connectivity index (χ0n) is 12.8. The second-order valence-corrected chi connectivity index (χ2v) is 5.74. The molecule has 1 N–H and O–H groups in total. The van der Waals surface area contributed by atoms with Crippen LogP contribution in [0.4, 0.5) is 5.88 Å². The summed E-state index contributed by atoms with van der Waals surface area (Å²) in [6, 6.07) is 11.0. The predicted octanol–water partition coefficient (Wildman–Crippen LogP) is 4.30. The highest BCUT2D eigenvalue weighted by atomic mass is 32.2. The van der Waals surface area contributed by atoms with Gasteiger partial charge in [0.25, 0.3) is 0 Å². The normalized spacial score (nSPS) is 11.2. The summed E-state index contributed by atoms with van der Waals surface area (Å²) < 4.78 is 5.03. The Morgan fingerprint density at radius 2 is 2.08 bits per heavy atom. The van der Waals surface area contributed by atoms with Crippen molar-refractivity contribution in [1.29, 1.82) is 0 Å². The van der Waals surface area contributed by atoms with Crippen molar-refractivity contribution < 1.29 is 9.34 Å². The lowest BCUT2D eigenvalue weighted by molar-refractivity contribution is -0.402. The Bertz CT molecular complexity index is 868. The average Bonchev–Trinajstić information content (AvgIpc) is 3.25. The predicted molar refractivity (Wildman–Crippen MR) is 91.5 cm³/mol. The molecule has 0 atom stereocenters. The van der Waals surface area contributed by atoms with Crippen LogP contribution in [0.1, 0.15) is 18.2 Å². The molecule has 24 heavy (non-hydrogen) atoms. The van der Waals surface area contributed by atoms with E-state index in [1.54, 1.807) is 11.5 Å². The maximum Gasteiger partial charge on any atom is 0.433 e. The molecular formula is C16H14N4O3S. The molecule has 2 heterocycles. The standard InChI is InChI=1S/C16H14N4O3S/c1-2-11-3-5-12(6-4-11)15-17-16(19-18-15)24-10-9-13-7-8-14(23-13)20(21)22/h3-10H,2H2,1H3,(H,17,18,19)/b10-9+. The largest absolute Gasteiger partial charge is 0.433 e. The molecule has 8 heteroatoms. The van der Waals surface area contributed by atoms with Gasteiger partial charge in [-0.2, -0.15) is 0 Å². The van der Waals surface area contributed by atoms with Crippen molar-refractivity contribution in [2.75, 3.05) is 0 Å². The molecule has 0 saturated heterocycles. The topological polar surface area (TPSA) is 97.8 Å². The molecule has 3 rings (SSSR count). The van der Waals surface area contributed by atoms with Crippen LogP contribution in [0.15, 0.2) is 51.4 Å². The van der Waals surface area contributed by atoms with E-state index >= 15 is 0 Å². The zero-order valence-corrected chi connectivity index (χ0v) is 13.6. The number of aromatic amines is 1. The number of aryl methyl sites for hydroxylation is 1. The van der Waals surface area contributed by atoms with Crippen LogP contribution in [0, 0.1) is 10.1 Å². The maximum absolute atomic E-state index is 10.5. The Morgan fingerprint density at radius 3 is 2.75 bits per heavy atom. The lowest BCUT2D eigenvalue weighted by Crippen LogP contribution is -1.83. The molecule has 0 aliphatic carbocycles. The van der Waals surface area contributed by atoms with Gasteiger partial charge in [-0.25, -0.2) is 4.98 Å². The first-order chi connectivity index (χ1) is 11.7. The maximum atomic E-state index is 10.5. The van der Waals surface area contributed by atoms with Crippen molar-refractivity contribution in [3.8, 4) is 11.4 Å². The molecule has 0 bridgehead atoms. The van der Waals surface area contributed by atoms with Crippen LogP contribution in [-0.4, -0.2) is 20.1 Å². The fourth-order valence-corrected chi connectivity index (χ4v) is 2.58. The van der Waals surface area contributed by atoms with Gasteiger partial charge < -0.3 is 4.42 Å². The highest BCUT2D eigenvalue weighted by Crippen LogP contribution is 2.22. The molecule has 0 spiro atoms. The number of benzene rings is 1. The molecule has 7 nitrogen and oxygen atoms in total. The minimum absolute atomic E-state index is 0.282. The van der Waals surface area contributed by atoms with Crippen molar-refractivity contribution in [2.24, 2.45) is 0 Å². The van der Waals surface area contributed by atoms with Crippen LogP contribution in [0.3, 0.4) is 0 Å². The van der Waals surface area contributed by atoms with Gasteiger partial charge in [-0.1, -0.05) is 43.0 Å². The fraction of sp³-hybridized carbons (Fsp3) is 0.125. The summed E-state index contributed by atoms with van der Waals surface area (Å²) in [5.74, 6) is 0.817. The number of hydrogen-bond donors (Lipinski definition) is 1. The molecule has 0 fully saturated rings. The molecule has 0 aliphatic rings. The van der Waals surface area contributed by atoms with Gasteiger partial charge in [0.15, 0.2) is 5.82 Å². The molecule has 122 valence electrons. The second kappa shape index (κ2) is 7.14. The molecule has 2 aromatic heterocycles. The molecule has 0 aliphatic heterocycles. The number of rotatable bonds is 6. The summed E-state index contributed by atoms with van der Waals surface area (Å²) in [5, 5.41) is 19.9. The lowest BCUT2D eigenvalue weighted by Gasteiger charge is -1.98. The zero-order chi connectivity index (χ0) is 16.9. The van der Waals surface area contributed by atoms with E-state index in [9.17, 15) is 10.1 Å². The van der Waals surface area contributed by atoms with E-state index in [0.29, 0.717) is 16.7 Å². The Labute approximate surface area is 142 Å².